The quantitative estimate of drug-likeness (QED) is 0.913. The molecule has 2 unspecified atom stereocenters. The van der Waals surface area contributed by atoms with Crippen LogP contribution in [0.3, 0.4) is 0 Å². The third-order valence-corrected chi connectivity index (χ3v) is 4.08. The van der Waals surface area contributed by atoms with Crippen LogP contribution < -0.4 is 5.32 Å². The minimum Gasteiger partial charge on any atom is -0.370 e. The zero-order valence-corrected chi connectivity index (χ0v) is 13.5. The number of halogens is 1. The van der Waals surface area contributed by atoms with Crippen molar-refractivity contribution in [1.82, 2.24) is 10.2 Å². The summed E-state index contributed by atoms with van der Waals surface area (Å²) in [5.41, 5.74) is 1.12. The molecule has 1 amide bonds. The van der Waals surface area contributed by atoms with E-state index in [4.69, 9.17) is 4.74 Å². The van der Waals surface area contributed by atoms with E-state index in [1.807, 2.05) is 43.1 Å². The molecule has 0 aromatic heterocycles. The van der Waals surface area contributed by atoms with Crippen LogP contribution in [0, 0.1) is 5.92 Å². The normalized spacial score (nSPS) is 20.8. The molecule has 0 radical (unpaired) electrons. The largest absolute Gasteiger partial charge is 0.370 e. The minimum absolute atomic E-state index is 0.00340. The molecule has 1 aromatic carbocycles. The number of benzene rings is 1. The van der Waals surface area contributed by atoms with Crippen LogP contribution in [0.4, 0.5) is 0 Å². The molecule has 0 spiro atoms. The van der Waals surface area contributed by atoms with Gasteiger partial charge in [0.2, 0.25) is 5.91 Å². The maximum atomic E-state index is 12.3. The van der Waals surface area contributed by atoms with Crippen molar-refractivity contribution in [2.24, 2.45) is 5.92 Å². The summed E-state index contributed by atoms with van der Waals surface area (Å²) in [6.07, 6.45) is -0.0254. The van der Waals surface area contributed by atoms with Crippen molar-refractivity contribution in [1.29, 1.82) is 0 Å². The van der Waals surface area contributed by atoms with E-state index in [1.54, 1.807) is 0 Å². The van der Waals surface area contributed by atoms with Gasteiger partial charge in [-0.05, 0) is 24.7 Å². The molecule has 1 N–H and O–H groups in total. The minimum atomic E-state index is -0.0254. The lowest BCUT2D eigenvalue weighted by molar-refractivity contribution is -0.142. The molecule has 1 heterocycles. The Kier molecular flexibility index (Phi) is 5.57. The number of hydrogen-bond acceptors (Lipinski definition) is 3. The first-order valence-electron chi connectivity index (χ1n) is 6.92. The van der Waals surface area contributed by atoms with Gasteiger partial charge in [-0.25, -0.2) is 0 Å². The smallest absolute Gasteiger partial charge is 0.226 e. The molecular weight excluding hydrogens is 320 g/mol. The first kappa shape index (κ1) is 15.5. The number of hydrogen-bond donors (Lipinski definition) is 1. The molecule has 0 saturated carbocycles. The molecule has 5 heteroatoms. The molecule has 20 heavy (non-hydrogen) atoms. The average Bonchev–Trinajstić information content (AvgIpc) is 2.47. The second-order valence-corrected chi connectivity index (χ2v) is 6.07. The lowest BCUT2D eigenvalue weighted by Crippen LogP contribution is -2.46. The number of nitrogens with one attached hydrogen (secondary N) is 1. The molecule has 4 nitrogen and oxygen atoms in total. The van der Waals surface area contributed by atoms with Gasteiger partial charge >= 0.3 is 0 Å². The summed E-state index contributed by atoms with van der Waals surface area (Å²) in [4.78, 5) is 14.3. The second kappa shape index (κ2) is 7.20. The van der Waals surface area contributed by atoms with Crippen LogP contribution in [-0.4, -0.2) is 44.1 Å². The zero-order chi connectivity index (χ0) is 14.5. The van der Waals surface area contributed by atoms with Crippen LogP contribution in [-0.2, 0) is 9.53 Å². The van der Waals surface area contributed by atoms with Crippen molar-refractivity contribution in [3.63, 3.8) is 0 Å². The number of carbonyl (C=O) groups excluding carboxylic acids is 1. The number of rotatable bonds is 4. The Balaban J connectivity index is 2.01. The first-order chi connectivity index (χ1) is 9.61. The van der Waals surface area contributed by atoms with Crippen molar-refractivity contribution in [3.8, 4) is 0 Å². The summed E-state index contributed by atoms with van der Waals surface area (Å²) in [7, 11) is 1.87. The van der Waals surface area contributed by atoms with Crippen molar-refractivity contribution in [2.45, 2.75) is 13.0 Å². The second-order valence-electron chi connectivity index (χ2n) is 5.15. The van der Waals surface area contributed by atoms with E-state index in [9.17, 15) is 4.79 Å². The highest BCUT2D eigenvalue weighted by molar-refractivity contribution is 9.10. The predicted molar refractivity (Wildman–Crippen MR) is 82.5 cm³/mol. The summed E-state index contributed by atoms with van der Waals surface area (Å²) in [6, 6.07) is 8.09. The van der Waals surface area contributed by atoms with E-state index in [0.717, 1.165) is 10.0 Å². The SMILES string of the molecule is CNCC(C)C(=O)N1CCOC(c2ccc(Br)cc2)C1. The van der Waals surface area contributed by atoms with E-state index >= 15 is 0 Å². The Hall–Kier alpha value is -0.910. The van der Waals surface area contributed by atoms with E-state index < -0.39 is 0 Å². The van der Waals surface area contributed by atoms with Gasteiger partial charge in [0.05, 0.1) is 13.2 Å². The van der Waals surface area contributed by atoms with Crippen LogP contribution in [0.15, 0.2) is 28.7 Å². The van der Waals surface area contributed by atoms with Gasteiger partial charge in [0.15, 0.2) is 0 Å². The summed E-state index contributed by atoms with van der Waals surface area (Å²) in [5.74, 6) is 0.202. The van der Waals surface area contributed by atoms with Gasteiger partial charge < -0.3 is 15.0 Å². The molecule has 2 rings (SSSR count). The van der Waals surface area contributed by atoms with Crippen LogP contribution in [0.1, 0.15) is 18.6 Å². The average molecular weight is 341 g/mol. The molecule has 1 aromatic rings. The molecule has 0 aliphatic carbocycles. The highest BCUT2D eigenvalue weighted by atomic mass is 79.9. The first-order valence-corrected chi connectivity index (χ1v) is 7.71. The van der Waals surface area contributed by atoms with Gasteiger partial charge in [0.25, 0.3) is 0 Å². The maximum absolute atomic E-state index is 12.3. The lowest BCUT2D eigenvalue weighted by Gasteiger charge is -2.34. The number of amides is 1. The van der Waals surface area contributed by atoms with Crippen LogP contribution in [0.5, 0.6) is 0 Å². The summed E-state index contributed by atoms with van der Waals surface area (Å²) < 4.78 is 6.85. The fourth-order valence-electron chi connectivity index (χ4n) is 2.43. The lowest BCUT2D eigenvalue weighted by atomic mass is 10.1. The van der Waals surface area contributed by atoms with Gasteiger partial charge in [-0.1, -0.05) is 35.0 Å². The standard InChI is InChI=1S/C15H21BrN2O2/c1-11(9-17-2)15(19)18-7-8-20-14(10-18)12-3-5-13(16)6-4-12/h3-6,11,14,17H,7-10H2,1-2H3. The van der Waals surface area contributed by atoms with Crippen LogP contribution >= 0.6 is 15.9 Å². The van der Waals surface area contributed by atoms with Gasteiger partial charge in [-0.15, -0.1) is 0 Å². The number of ether oxygens (including phenoxy) is 1. The van der Waals surface area contributed by atoms with Crippen LogP contribution in [0.25, 0.3) is 0 Å². The third kappa shape index (κ3) is 3.81. The summed E-state index contributed by atoms with van der Waals surface area (Å²) in [5, 5.41) is 3.05. The molecular formula is C15H21BrN2O2. The Bertz CT molecular complexity index is 450. The van der Waals surface area contributed by atoms with Gasteiger partial charge in [-0.3, -0.25) is 4.79 Å². The van der Waals surface area contributed by atoms with Gasteiger partial charge in [0, 0.05) is 23.5 Å². The number of carbonyl (C=O) groups is 1. The highest BCUT2D eigenvalue weighted by Crippen LogP contribution is 2.24. The predicted octanol–water partition coefficient (Wildman–Crippen LogP) is 2.20. The Morgan fingerprint density at radius 3 is 2.85 bits per heavy atom. The zero-order valence-electron chi connectivity index (χ0n) is 11.9. The molecule has 0 bridgehead atoms. The highest BCUT2D eigenvalue weighted by Gasteiger charge is 2.27. The third-order valence-electron chi connectivity index (χ3n) is 3.55. The van der Waals surface area contributed by atoms with Crippen molar-refractivity contribution in [2.75, 3.05) is 33.3 Å². The van der Waals surface area contributed by atoms with Crippen molar-refractivity contribution < 1.29 is 9.53 Å². The van der Waals surface area contributed by atoms with E-state index in [-0.39, 0.29) is 17.9 Å². The van der Waals surface area contributed by atoms with E-state index in [0.29, 0.717) is 26.2 Å². The number of morpholine rings is 1. The Labute approximate surface area is 128 Å². The molecule has 1 aliphatic heterocycles. The van der Waals surface area contributed by atoms with Gasteiger partial charge in [0.1, 0.15) is 6.10 Å². The summed E-state index contributed by atoms with van der Waals surface area (Å²) >= 11 is 3.43. The Morgan fingerprint density at radius 1 is 1.50 bits per heavy atom. The van der Waals surface area contributed by atoms with Crippen molar-refractivity contribution in [3.05, 3.63) is 34.3 Å². The molecule has 1 fully saturated rings. The van der Waals surface area contributed by atoms with E-state index in [1.165, 1.54) is 0 Å². The van der Waals surface area contributed by atoms with Crippen LogP contribution in [0.2, 0.25) is 0 Å². The molecule has 110 valence electrons. The van der Waals surface area contributed by atoms with E-state index in [2.05, 4.69) is 21.2 Å². The fourth-order valence-corrected chi connectivity index (χ4v) is 2.70. The monoisotopic (exact) mass is 340 g/mol. The topological polar surface area (TPSA) is 41.6 Å². The Morgan fingerprint density at radius 2 is 2.20 bits per heavy atom. The molecule has 1 aliphatic rings. The van der Waals surface area contributed by atoms with Gasteiger partial charge in [-0.2, -0.15) is 0 Å². The fraction of sp³-hybridized carbons (Fsp3) is 0.533. The van der Waals surface area contributed by atoms with Crippen molar-refractivity contribution >= 4 is 21.8 Å². The molecule has 2 atom stereocenters. The molecule has 1 saturated heterocycles. The maximum Gasteiger partial charge on any atom is 0.226 e. The summed E-state index contributed by atoms with van der Waals surface area (Å²) in [6.45, 7) is 4.58. The number of nitrogens with zero attached hydrogens (tertiary/aromatic N) is 1.